The predicted molar refractivity (Wildman–Crippen MR) is 156 cm³/mol. The van der Waals surface area contributed by atoms with Gasteiger partial charge in [0.25, 0.3) is 0 Å². The number of aryl methyl sites for hydroxylation is 1. The van der Waals surface area contributed by atoms with Gasteiger partial charge in [-0.25, -0.2) is 4.79 Å². The van der Waals surface area contributed by atoms with Crippen LogP contribution in [0, 0.1) is 0 Å². The first-order valence-electron chi connectivity index (χ1n) is 14.4. The number of anilines is 1. The highest BCUT2D eigenvalue weighted by Gasteiger charge is 2.24. The molecule has 4 rings (SSSR count). The molecule has 11 nitrogen and oxygen atoms in total. The summed E-state index contributed by atoms with van der Waals surface area (Å²) < 4.78 is 7.27. The van der Waals surface area contributed by atoms with Crippen LogP contribution in [0.1, 0.15) is 69.4 Å². The van der Waals surface area contributed by atoms with E-state index in [2.05, 4.69) is 44.8 Å². The summed E-state index contributed by atoms with van der Waals surface area (Å²) in [6.45, 7) is 8.59. The zero-order valence-electron chi connectivity index (χ0n) is 23.9. The van der Waals surface area contributed by atoms with Crippen LogP contribution in [-0.4, -0.2) is 79.7 Å². The topological polar surface area (TPSA) is 143 Å². The molecule has 3 aromatic rings. The molecule has 0 aliphatic carbocycles. The normalized spacial score (nSPS) is 15.6. The number of aliphatic carboxylic acids is 1. The summed E-state index contributed by atoms with van der Waals surface area (Å²) in [5.41, 5.74) is 8.70. The first-order valence-corrected chi connectivity index (χ1v) is 14.4. The molecule has 1 fully saturated rings. The number of nitrogens with one attached hydrogen (secondary N) is 1. The van der Waals surface area contributed by atoms with Crippen LogP contribution in [-0.2, 0) is 17.9 Å². The Kier molecular flexibility index (Phi) is 10.2. The summed E-state index contributed by atoms with van der Waals surface area (Å²) in [6, 6.07) is 8.60. The van der Waals surface area contributed by atoms with Gasteiger partial charge in [-0.15, -0.1) is 0 Å². The van der Waals surface area contributed by atoms with Crippen LogP contribution in [0.2, 0.25) is 0 Å². The molecule has 1 atom stereocenters. The number of rotatable bonds is 14. The molecule has 1 unspecified atom stereocenters. The molecule has 40 heavy (non-hydrogen) atoms. The van der Waals surface area contributed by atoms with Crippen molar-refractivity contribution in [3.63, 3.8) is 0 Å². The Hall–Kier alpha value is -3.44. The minimum Gasteiger partial charge on any atom is -0.481 e. The number of nitrogens with two attached hydrogens (primary N) is 1. The van der Waals surface area contributed by atoms with Gasteiger partial charge < -0.3 is 25.5 Å². The number of benzene rings is 1. The number of aromatic amines is 1. The Morgan fingerprint density at radius 3 is 2.75 bits per heavy atom. The number of carboxylic acid groups (broad SMARTS) is 1. The number of ether oxygens (including phenoxy) is 1. The molecule has 3 heterocycles. The van der Waals surface area contributed by atoms with E-state index in [1.807, 2.05) is 18.2 Å². The number of nitrogens with zero attached hydrogens (tertiary/aromatic N) is 5. The molecule has 1 aliphatic rings. The summed E-state index contributed by atoms with van der Waals surface area (Å²) in [4.78, 5) is 40.6. The van der Waals surface area contributed by atoms with Gasteiger partial charge in [-0.1, -0.05) is 37.6 Å². The Morgan fingerprint density at radius 2 is 2.02 bits per heavy atom. The molecule has 1 saturated heterocycles. The summed E-state index contributed by atoms with van der Waals surface area (Å²) in [7, 11) is 2.16. The van der Waals surface area contributed by atoms with Crippen molar-refractivity contribution in [1.29, 1.82) is 0 Å². The molecule has 2 aromatic heterocycles. The molecule has 1 aliphatic heterocycles. The largest absolute Gasteiger partial charge is 0.481 e. The number of unbranched alkanes of at least 4 members (excludes halogenated alkanes) is 2. The standard InChI is InChI=1S/C29H43N7O4/c1-4-5-17-40-28-32-25(30)24-26(33-28)36(29(39)31-24)14-7-6-13-35(23-11-15-34(3)16-12-23)19-21-9-8-10-22(18-21)20(2)27(37)38/h8-10,18,20,23H,4-7,11-17,19H2,1-3H3,(H,31,39)(H,37,38)(H2,30,32,33). The van der Waals surface area contributed by atoms with Gasteiger partial charge in [0, 0.05) is 19.1 Å². The van der Waals surface area contributed by atoms with Crippen LogP contribution in [0.5, 0.6) is 6.01 Å². The molecule has 218 valence electrons. The van der Waals surface area contributed by atoms with E-state index in [-0.39, 0.29) is 17.5 Å². The van der Waals surface area contributed by atoms with Crippen molar-refractivity contribution in [2.75, 3.05) is 39.0 Å². The minimum atomic E-state index is -0.816. The number of aromatic nitrogens is 4. The maximum atomic E-state index is 12.7. The highest BCUT2D eigenvalue weighted by Crippen LogP contribution is 2.23. The van der Waals surface area contributed by atoms with E-state index < -0.39 is 11.9 Å². The van der Waals surface area contributed by atoms with Gasteiger partial charge in [0.2, 0.25) is 0 Å². The van der Waals surface area contributed by atoms with Crippen molar-refractivity contribution >= 4 is 23.0 Å². The van der Waals surface area contributed by atoms with E-state index in [9.17, 15) is 14.7 Å². The van der Waals surface area contributed by atoms with Crippen molar-refractivity contribution in [3.05, 3.63) is 45.9 Å². The molecular weight excluding hydrogens is 510 g/mol. The fraction of sp³-hybridized carbons (Fsp3) is 0.586. The van der Waals surface area contributed by atoms with Gasteiger partial charge in [-0.3, -0.25) is 14.3 Å². The molecule has 0 bridgehead atoms. The predicted octanol–water partition coefficient (Wildman–Crippen LogP) is 3.45. The third-order valence-corrected chi connectivity index (χ3v) is 7.85. The number of H-pyrrole nitrogens is 1. The quantitative estimate of drug-likeness (QED) is 0.256. The smallest absolute Gasteiger partial charge is 0.327 e. The van der Waals surface area contributed by atoms with E-state index in [1.165, 1.54) is 0 Å². The minimum absolute atomic E-state index is 0.194. The zero-order valence-corrected chi connectivity index (χ0v) is 23.9. The fourth-order valence-corrected chi connectivity index (χ4v) is 5.28. The van der Waals surface area contributed by atoms with E-state index in [0.717, 1.165) is 75.8 Å². The summed E-state index contributed by atoms with van der Waals surface area (Å²) in [5, 5.41) is 9.46. The second-order valence-corrected chi connectivity index (χ2v) is 10.9. The van der Waals surface area contributed by atoms with Crippen LogP contribution in [0.4, 0.5) is 5.82 Å². The lowest BCUT2D eigenvalue weighted by molar-refractivity contribution is -0.138. The van der Waals surface area contributed by atoms with Gasteiger partial charge >= 0.3 is 17.7 Å². The second-order valence-electron chi connectivity index (χ2n) is 10.9. The first kappa shape index (κ1) is 29.5. The number of piperidine rings is 1. The van der Waals surface area contributed by atoms with Crippen LogP contribution >= 0.6 is 0 Å². The summed E-state index contributed by atoms with van der Waals surface area (Å²) in [5.74, 6) is -1.15. The SMILES string of the molecule is CCCCOc1nc(N)c2[nH]c(=O)n(CCCCN(Cc3cccc(C(C)C(=O)O)c3)C3CCN(C)CC3)c2n1. The van der Waals surface area contributed by atoms with Crippen LogP contribution < -0.4 is 16.2 Å². The molecule has 4 N–H and O–H groups in total. The van der Waals surface area contributed by atoms with Gasteiger partial charge in [-0.2, -0.15) is 9.97 Å². The third kappa shape index (κ3) is 7.39. The molecule has 1 aromatic carbocycles. The number of hydrogen-bond acceptors (Lipinski definition) is 8. The maximum Gasteiger partial charge on any atom is 0.327 e. The first-order chi connectivity index (χ1) is 19.3. The fourth-order valence-electron chi connectivity index (χ4n) is 5.28. The molecule has 0 spiro atoms. The van der Waals surface area contributed by atoms with Crippen LogP contribution in [0.25, 0.3) is 11.2 Å². The monoisotopic (exact) mass is 553 g/mol. The van der Waals surface area contributed by atoms with Crippen molar-refractivity contribution in [3.8, 4) is 6.01 Å². The van der Waals surface area contributed by atoms with E-state index in [4.69, 9.17) is 10.5 Å². The molecule has 0 radical (unpaired) electrons. The average molecular weight is 554 g/mol. The van der Waals surface area contributed by atoms with Crippen LogP contribution in [0.3, 0.4) is 0 Å². The Labute approximate surface area is 235 Å². The molecule has 0 saturated carbocycles. The van der Waals surface area contributed by atoms with E-state index in [1.54, 1.807) is 11.5 Å². The van der Waals surface area contributed by atoms with Gasteiger partial charge in [0.15, 0.2) is 11.5 Å². The zero-order chi connectivity index (χ0) is 28.6. The van der Waals surface area contributed by atoms with Gasteiger partial charge in [-0.05, 0) is 76.8 Å². The lowest BCUT2D eigenvalue weighted by atomic mass is 9.98. The van der Waals surface area contributed by atoms with Gasteiger partial charge in [0.1, 0.15) is 5.52 Å². The number of imidazole rings is 1. The number of carboxylic acids is 1. The molecular formula is C29H43N7O4. The van der Waals surface area contributed by atoms with Crippen molar-refractivity contribution in [2.45, 2.75) is 77.4 Å². The Bertz CT molecular complexity index is 1330. The average Bonchev–Trinajstić information content (AvgIpc) is 3.26. The molecule has 11 heteroatoms. The number of carbonyl (C=O) groups is 1. The molecule has 0 amide bonds. The lowest BCUT2D eigenvalue weighted by Gasteiger charge is -2.37. The summed E-state index contributed by atoms with van der Waals surface area (Å²) in [6.07, 6.45) is 5.77. The van der Waals surface area contributed by atoms with E-state index >= 15 is 0 Å². The van der Waals surface area contributed by atoms with Gasteiger partial charge in [0.05, 0.1) is 12.5 Å². The maximum absolute atomic E-state index is 12.7. The second kappa shape index (κ2) is 13.8. The Morgan fingerprint density at radius 1 is 1.25 bits per heavy atom. The van der Waals surface area contributed by atoms with Crippen molar-refractivity contribution < 1.29 is 14.6 Å². The Balaban J connectivity index is 1.43. The number of fused-ring (bicyclic) bond motifs is 1. The van der Waals surface area contributed by atoms with Crippen molar-refractivity contribution in [1.82, 2.24) is 29.3 Å². The third-order valence-electron chi connectivity index (χ3n) is 7.85. The number of likely N-dealkylation sites (tertiary alicyclic amines) is 1. The number of nitrogen functional groups attached to an aromatic ring is 1. The highest BCUT2D eigenvalue weighted by atomic mass is 16.5. The van der Waals surface area contributed by atoms with Crippen molar-refractivity contribution in [2.24, 2.45) is 0 Å². The van der Waals surface area contributed by atoms with E-state index in [0.29, 0.717) is 30.4 Å². The van der Waals surface area contributed by atoms with Crippen LogP contribution in [0.15, 0.2) is 29.1 Å². The lowest BCUT2D eigenvalue weighted by Crippen LogP contribution is -2.43. The summed E-state index contributed by atoms with van der Waals surface area (Å²) >= 11 is 0. The number of hydrogen-bond donors (Lipinski definition) is 3. The highest BCUT2D eigenvalue weighted by molar-refractivity contribution is 5.81.